The molecule has 2 amide bonds. The number of rotatable bonds is 4. The first kappa shape index (κ1) is 18.9. The maximum Gasteiger partial charge on any atom is 0.266 e. The van der Waals surface area contributed by atoms with Crippen molar-refractivity contribution in [1.29, 1.82) is 0 Å². The lowest BCUT2D eigenvalue weighted by Gasteiger charge is -2.01. The van der Waals surface area contributed by atoms with Crippen LogP contribution in [0.15, 0.2) is 48.5 Å². The third-order valence-electron chi connectivity index (χ3n) is 4.57. The number of fused-ring (bicyclic) bond motifs is 2. The summed E-state index contributed by atoms with van der Waals surface area (Å²) >= 11 is 0.988. The van der Waals surface area contributed by atoms with Crippen LogP contribution >= 0.6 is 11.3 Å². The van der Waals surface area contributed by atoms with Gasteiger partial charge in [0, 0.05) is 10.8 Å². The van der Waals surface area contributed by atoms with E-state index in [4.69, 9.17) is 0 Å². The highest BCUT2D eigenvalue weighted by Gasteiger charge is 2.18. The van der Waals surface area contributed by atoms with Crippen LogP contribution in [0.5, 0.6) is 0 Å². The molecular formula is C20H12F2N6O2S. The van der Waals surface area contributed by atoms with Gasteiger partial charge in [0.25, 0.3) is 11.8 Å². The van der Waals surface area contributed by atoms with Gasteiger partial charge in [-0.2, -0.15) is 10.2 Å². The van der Waals surface area contributed by atoms with E-state index in [1.807, 2.05) is 0 Å². The van der Waals surface area contributed by atoms with Gasteiger partial charge in [-0.25, -0.2) is 8.78 Å². The van der Waals surface area contributed by atoms with Crippen molar-refractivity contribution in [3.05, 3.63) is 69.9 Å². The van der Waals surface area contributed by atoms with Crippen LogP contribution in [0, 0.1) is 11.6 Å². The van der Waals surface area contributed by atoms with Gasteiger partial charge in [-0.05, 0) is 48.5 Å². The maximum atomic E-state index is 13.3. The Kier molecular flexibility index (Phi) is 4.44. The topological polar surface area (TPSA) is 116 Å². The average Bonchev–Trinajstić information content (AvgIpc) is 3.47. The van der Waals surface area contributed by atoms with Crippen molar-refractivity contribution in [2.45, 2.75) is 0 Å². The highest BCUT2D eigenvalue weighted by Crippen LogP contribution is 2.25. The molecule has 5 aromatic rings. The highest BCUT2D eigenvalue weighted by molar-refractivity contribution is 7.16. The average molecular weight is 438 g/mol. The lowest BCUT2D eigenvalue weighted by Crippen LogP contribution is -2.11. The second-order valence-corrected chi connectivity index (χ2v) is 7.68. The van der Waals surface area contributed by atoms with E-state index >= 15 is 0 Å². The number of carbonyl (C=O) groups excluding carboxylic acids is 2. The van der Waals surface area contributed by atoms with E-state index in [9.17, 15) is 18.4 Å². The smallest absolute Gasteiger partial charge is 0.266 e. The predicted octanol–water partition coefficient (Wildman–Crippen LogP) is 4.28. The molecule has 154 valence electrons. The molecule has 0 unspecified atom stereocenters. The van der Waals surface area contributed by atoms with Crippen LogP contribution in [-0.4, -0.2) is 32.2 Å². The fraction of sp³-hybridized carbons (Fsp3) is 0. The normalized spacial score (nSPS) is 11.2. The number of carbonyl (C=O) groups is 2. The van der Waals surface area contributed by atoms with Crippen molar-refractivity contribution in [2.24, 2.45) is 0 Å². The molecule has 5 rings (SSSR count). The lowest BCUT2D eigenvalue weighted by molar-refractivity contribution is 0.102. The van der Waals surface area contributed by atoms with Crippen LogP contribution in [0.4, 0.5) is 20.4 Å². The maximum absolute atomic E-state index is 13.3. The van der Waals surface area contributed by atoms with Crippen LogP contribution < -0.4 is 10.6 Å². The molecular weight excluding hydrogens is 426 g/mol. The van der Waals surface area contributed by atoms with Crippen molar-refractivity contribution >= 4 is 56.6 Å². The zero-order valence-electron chi connectivity index (χ0n) is 15.5. The van der Waals surface area contributed by atoms with Gasteiger partial charge < -0.3 is 10.6 Å². The van der Waals surface area contributed by atoms with E-state index in [-0.39, 0.29) is 21.4 Å². The molecule has 0 saturated heterocycles. The Hall–Kier alpha value is -4.12. The first-order chi connectivity index (χ1) is 15.0. The van der Waals surface area contributed by atoms with Crippen molar-refractivity contribution in [3.8, 4) is 0 Å². The molecule has 0 spiro atoms. The Morgan fingerprint density at radius 3 is 1.65 bits per heavy atom. The molecule has 0 fully saturated rings. The number of nitrogens with zero attached hydrogens (tertiary/aromatic N) is 2. The standard InChI is InChI=1S/C20H12F2N6O2S/c21-9-1-3-11-13(7-9)25-27-17(11)23-19(29)15-5-6-16(31-15)20(30)24-18-12-4-2-10(22)8-14(12)26-28-18/h1-8H,(H2,23,25,27,29)(H2,24,26,28,30). The Balaban J connectivity index is 1.32. The Morgan fingerprint density at radius 2 is 1.19 bits per heavy atom. The number of H-pyrrole nitrogens is 2. The van der Waals surface area contributed by atoms with E-state index in [1.165, 1.54) is 48.5 Å². The molecule has 0 radical (unpaired) electrons. The van der Waals surface area contributed by atoms with Crippen LogP contribution in [0.2, 0.25) is 0 Å². The summed E-state index contributed by atoms with van der Waals surface area (Å²) < 4.78 is 26.6. The van der Waals surface area contributed by atoms with E-state index in [2.05, 4.69) is 31.0 Å². The van der Waals surface area contributed by atoms with Crippen molar-refractivity contribution in [2.75, 3.05) is 10.6 Å². The fourth-order valence-corrected chi connectivity index (χ4v) is 3.89. The van der Waals surface area contributed by atoms with Gasteiger partial charge in [-0.1, -0.05) is 0 Å². The Bertz CT molecular complexity index is 1360. The zero-order valence-corrected chi connectivity index (χ0v) is 16.3. The molecule has 8 nitrogen and oxygen atoms in total. The van der Waals surface area contributed by atoms with Gasteiger partial charge >= 0.3 is 0 Å². The van der Waals surface area contributed by atoms with Crippen molar-refractivity contribution < 1.29 is 18.4 Å². The third kappa shape index (κ3) is 3.51. The lowest BCUT2D eigenvalue weighted by atomic mass is 10.2. The molecule has 3 aromatic heterocycles. The number of thiophene rings is 1. The monoisotopic (exact) mass is 438 g/mol. The van der Waals surface area contributed by atoms with E-state index in [0.29, 0.717) is 21.8 Å². The summed E-state index contributed by atoms with van der Waals surface area (Å²) in [4.78, 5) is 25.7. The van der Waals surface area contributed by atoms with E-state index in [1.54, 1.807) is 0 Å². The fourth-order valence-electron chi connectivity index (χ4n) is 3.09. The number of benzene rings is 2. The molecule has 2 aromatic carbocycles. The number of anilines is 2. The summed E-state index contributed by atoms with van der Waals surface area (Å²) in [6.45, 7) is 0. The number of aromatic nitrogens is 4. The second-order valence-electron chi connectivity index (χ2n) is 6.60. The van der Waals surface area contributed by atoms with Crippen LogP contribution in [0.3, 0.4) is 0 Å². The largest absolute Gasteiger partial charge is 0.304 e. The quantitative estimate of drug-likeness (QED) is 0.335. The highest BCUT2D eigenvalue weighted by atomic mass is 32.1. The second kappa shape index (κ2) is 7.29. The minimum Gasteiger partial charge on any atom is -0.304 e. The number of nitrogens with one attached hydrogen (secondary N) is 4. The molecule has 0 aliphatic rings. The van der Waals surface area contributed by atoms with E-state index < -0.39 is 23.4 Å². The van der Waals surface area contributed by atoms with Crippen LogP contribution in [0.1, 0.15) is 19.3 Å². The molecule has 0 aliphatic heterocycles. The molecule has 0 saturated carbocycles. The molecule has 3 heterocycles. The summed E-state index contributed by atoms with van der Waals surface area (Å²) in [5.74, 6) is -1.23. The Morgan fingerprint density at radius 1 is 0.742 bits per heavy atom. The Labute approximate surface area is 176 Å². The van der Waals surface area contributed by atoms with Gasteiger partial charge in [0.2, 0.25) is 0 Å². The molecule has 4 N–H and O–H groups in total. The SMILES string of the molecule is O=C(Nc1n[nH]c2cc(F)ccc12)c1ccc(C(=O)Nc2n[nH]c3cc(F)ccc23)s1. The van der Waals surface area contributed by atoms with Crippen molar-refractivity contribution in [3.63, 3.8) is 0 Å². The zero-order chi connectivity index (χ0) is 21.5. The summed E-state index contributed by atoms with van der Waals surface area (Å²) in [5.41, 5.74) is 0.903. The van der Waals surface area contributed by atoms with Gasteiger partial charge in [-0.15, -0.1) is 11.3 Å². The van der Waals surface area contributed by atoms with Gasteiger partial charge in [0.15, 0.2) is 11.6 Å². The first-order valence-corrected chi connectivity index (χ1v) is 9.79. The third-order valence-corrected chi connectivity index (χ3v) is 5.65. The number of amides is 2. The van der Waals surface area contributed by atoms with Gasteiger partial charge in [0.1, 0.15) is 11.6 Å². The van der Waals surface area contributed by atoms with Crippen LogP contribution in [-0.2, 0) is 0 Å². The molecule has 0 bridgehead atoms. The van der Waals surface area contributed by atoms with Gasteiger partial charge in [-0.3, -0.25) is 19.8 Å². The molecule has 0 atom stereocenters. The molecule has 0 aliphatic carbocycles. The predicted molar refractivity (Wildman–Crippen MR) is 112 cm³/mol. The van der Waals surface area contributed by atoms with Gasteiger partial charge in [0.05, 0.1) is 20.8 Å². The number of aromatic amines is 2. The number of halogens is 2. The minimum absolute atomic E-state index is 0.259. The van der Waals surface area contributed by atoms with E-state index in [0.717, 1.165) is 11.3 Å². The van der Waals surface area contributed by atoms with Crippen molar-refractivity contribution in [1.82, 2.24) is 20.4 Å². The van der Waals surface area contributed by atoms with Crippen LogP contribution in [0.25, 0.3) is 21.8 Å². The molecule has 11 heteroatoms. The summed E-state index contributed by atoms with van der Waals surface area (Å²) in [5, 5.41) is 19.7. The summed E-state index contributed by atoms with van der Waals surface area (Å²) in [6, 6.07) is 11.1. The number of hydrogen-bond acceptors (Lipinski definition) is 5. The molecule has 31 heavy (non-hydrogen) atoms. The number of hydrogen-bond donors (Lipinski definition) is 4. The first-order valence-electron chi connectivity index (χ1n) is 8.98. The summed E-state index contributed by atoms with van der Waals surface area (Å²) in [6.07, 6.45) is 0. The summed E-state index contributed by atoms with van der Waals surface area (Å²) in [7, 11) is 0. The minimum atomic E-state index is -0.456.